The van der Waals surface area contributed by atoms with E-state index in [1.165, 1.54) is 6.92 Å². The first-order chi connectivity index (χ1) is 11.8. The SMILES string of the molecule is COC(=O)C(C#N)C1=C(Sc2ccc(C)cc2)C(=O)C(C)=C(C)C1=O. The number of hydrogen-bond donors (Lipinski definition) is 0. The third-order valence-corrected chi connectivity index (χ3v) is 5.15. The van der Waals surface area contributed by atoms with E-state index in [4.69, 9.17) is 0 Å². The highest BCUT2D eigenvalue weighted by molar-refractivity contribution is 8.04. The molecule has 0 aromatic heterocycles. The Morgan fingerprint density at radius 2 is 1.64 bits per heavy atom. The predicted octanol–water partition coefficient (Wildman–Crippen LogP) is 3.14. The molecule has 1 unspecified atom stereocenters. The van der Waals surface area contributed by atoms with Crippen molar-refractivity contribution in [3.8, 4) is 6.07 Å². The molecule has 5 nitrogen and oxygen atoms in total. The number of ketones is 2. The molecule has 128 valence electrons. The van der Waals surface area contributed by atoms with Crippen molar-refractivity contribution in [1.29, 1.82) is 5.26 Å². The second-order valence-electron chi connectivity index (χ2n) is 5.65. The zero-order valence-electron chi connectivity index (χ0n) is 14.4. The molecule has 0 saturated heterocycles. The Hall–Kier alpha value is -2.65. The number of nitriles is 1. The van der Waals surface area contributed by atoms with Crippen LogP contribution in [0.25, 0.3) is 0 Å². The number of ether oxygens (including phenoxy) is 1. The molecular formula is C19H17NO4S. The van der Waals surface area contributed by atoms with Crippen molar-refractivity contribution in [2.45, 2.75) is 25.7 Å². The Morgan fingerprint density at radius 1 is 1.08 bits per heavy atom. The molecule has 1 aromatic rings. The monoisotopic (exact) mass is 355 g/mol. The minimum atomic E-state index is -1.43. The number of esters is 1. The lowest BCUT2D eigenvalue weighted by atomic mass is 9.84. The summed E-state index contributed by atoms with van der Waals surface area (Å²) >= 11 is 1.09. The average molecular weight is 355 g/mol. The summed E-state index contributed by atoms with van der Waals surface area (Å²) in [6.45, 7) is 5.03. The molecule has 25 heavy (non-hydrogen) atoms. The molecule has 6 heteroatoms. The summed E-state index contributed by atoms with van der Waals surface area (Å²) in [5, 5.41) is 9.38. The van der Waals surface area contributed by atoms with E-state index in [1.54, 1.807) is 13.0 Å². The molecule has 1 aliphatic carbocycles. The molecule has 0 radical (unpaired) electrons. The van der Waals surface area contributed by atoms with Gasteiger partial charge in [-0.1, -0.05) is 29.5 Å². The first kappa shape index (κ1) is 18.7. The molecule has 0 spiro atoms. The van der Waals surface area contributed by atoms with E-state index < -0.39 is 17.7 Å². The number of rotatable bonds is 4. The van der Waals surface area contributed by atoms with Crippen molar-refractivity contribution < 1.29 is 19.1 Å². The molecule has 0 fully saturated rings. The molecule has 0 amide bonds. The minimum Gasteiger partial charge on any atom is -0.468 e. The number of Topliss-reactive ketones (excluding diaryl/α,β-unsaturated/α-hetero) is 2. The van der Waals surface area contributed by atoms with Crippen LogP contribution in [0.15, 0.2) is 50.8 Å². The summed E-state index contributed by atoms with van der Waals surface area (Å²) < 4.78 is 4.63. The number of aryl methyl sites for hydroxylation is 1. The normalized spacial score (nSPS) is 16.0. The number of methoxy groups -OCH3 is 1. The summed E-state index contributed by atoms with van der Waals surface area (Å²) in [6.07, 6.45) is 0. The third kappa shape index (κ3) is 3.57. The fourth-order valence-corrected chi connectivity index (χ4v) is 3.45. The Labute approximate surface area is 150 Å². The molecule has 1 atom stereocenters. The number of benzene rings is 1. The van der Waals surface area contributed by atoms with Crippen LogP contribution in [0.5, 0.6) is 0 Å². The van der Waals surface area contributed by atoms with E-state index in [-0.39, 0.29) is 21.8 Å². The van der Waals surface area contributed by atoms with Gasteiger partial charge in [0.2, 0.25) is 0 Å². The lowest BCUT2D eigenvalue weighted by molar-refractivity contribution is -0.143. The predicted molar refractivity (Wildman–Crippen MR) is 93.6 cm³/mol. The van der Waals surface area contributed by atoms with Crippen LogP contribution in [0, 0.1) is 24.2 Å². The van der Waals surface area contributed by atoms with Crippen molar-refractivity contribution in [2.24, 2.45) is 5.92 Å². The van der Waals surface area contributed by atoms with Crippen molar-refractivity contribution in [2.75, 3.05) is 7.11 Å². The summed E-state index contributed by atoms with van der Waals surface area (Å²) in [7, 11) is 1.14. The van der Waals surface area contributed by atoms with Gasteiger partial charge < -0.3 is 4.74 Å². The van der Waals surface area contributed by atoms with Crippen LogP contribution in [0.4, 0.5) is 0 Å². The quantitative estimate of drug-likeness (QED) is 0.609. The molecule has 0 bridgehead atoms. The van der Waals surface area contributed by atoms with Crippen LogP contribution in [-0.4, -0.2) is 24.6 Å². The Morgan fingerprint density at radius 3 is 2.16 bits per heavy atom. The van der Waals surface area contributed by atoms with Gasteiger partial charge in [-0.15, -0.1) is 0 Å². The second-order valence-corrected chi connectivity index (χ2v) is 6.74. The second kappa shape index (κ2) is 7.49. The van der Waals surface area contributed by atoms with Crippen LogP contribution in [0.3, 0.4) is 0 Å². The van der Waals surface area contributed by atoms with Crippen molar-refractivity contribution in [3.63, 3.8) is 0 Å². The lowest BCUT2D eigenvalue weighted by Gasteiger charge is -2.22. The summed E-state index contributed by atoms with van der Waals surface area (Å²) in [6, 6.07) is 9.20. The van der Waals surface area contributed by atoms with E-state index in [0.717, 1.165) is 29.3 Å². The van der Waals surface area contributed by atoms with Crippen LogP contribution in [0.1, 0.15) is 19.4 Å². The van der Waals surface area contributed by atoms with Gasteiger partial charge in [0, 0.05) is 21.6 Å². The van der Waals surface area contributed by atoms with Crippen LogP contribution >= 0.6 is 11.8 Å². The van der Waals surface area contributed by atoms with E-state index >= 15 is 0 Å². The maximum Gasteiger partial charge on any atom is 0.327 e. The van der Waals surface area contributed by atoms with Crippen molar-refractivity contribution in [3.05, 3.63) is 51.5 Å². The van der Waals surface area contributed by atoms with Gasteiger partial charge in [-0.2, -0.15) is 5.26 Å². The summed E-state index contributed by atoms with van der Waals surface area (Å²) in [5.74, 6) is -3.10. The van der Waals surface area contributed by atoms with Crippen molar-refractivity contribution in [1.82, 2.24) is 0 Å². The first-order valence-electron chi connectivity index (χ1n) is 7.54. The molecule has 2 rings (SSSR count). The minimum absolute atomic E-state index is 0.104. The molecule has 1 aromatic carbocycles. The van der Waals surface area contributed by atoms with Gasteiger partial charge in [-0.25, -0.2) is 0 Å². The Balaban J connectivity index is 2.61. The highest BCUT2D eigenvalue weighted by Gasteiger charge is 2.39. The lowest BCUT2D eigenvalue weighted by Crippen LogP contribution is -2.29. The maximum absolute atomic E-state index is 12.7. The van der Waals surface area contributed by atoms with Crippen LogP contribution in [-0.2, 0) is 19.1 Å². The van der Waals surface area contributed by atoms with Gasteiger partial charge in [-0.05, 0) is 32.9 Å². The van der Waals surface area contributed by atoms with Gasteiger partial charge in [-0.3, -0.25) is 14.4 Å². The first-order valence-corrected chi connectivity index (χ1v) is 8.36. The van der Waals surface area contributed by atoms with E-state index in [9.17, 15) is 19.6 Å². The average Bonchev–Trinajstić information content (AvgIpc) is 2.62. The van der Waals surface area contributed by atoms with Gasteiger partial charge in [0.1, 0.15) is 0 Å². The number of carbonyl (C=O) groups is 3. The number of hydrogen-bond acceptors (Lipinski definition) is 6. The molecular weight excluding hydrogens is 338 g/mol. The maximum atomic E-state index is 12.7. The zero-order chi connectivity index (χ0) is 18.7. The molecule has 0 heterocycles. The highest BCUT2D eigenvalue weighted by Crippen LogP contribution is 2.39. The Bertz CT molecular complexity index is 856. The number of nitrogens with zero attached hydrogens (tertiary/aromatic N) is 1. The topological polar surface area (TPSA) is 84.2 Å². The number of thioether (sulfide) groups is 1. The van der Waals surface area contributed by atoms with Crippen LogP contribution in [0.2, 0.25) is 0 Å². The Kier molecular flexibility index (Phi) is 5.60. The molecule has 0 N–H and O–H groups in total. The number of allylic oxidation sites excluding steroid dienone is 3. The van der Waals surface area contributed by atoms with E-state index in [0.29, 0.717) is 5.57 Å². The summed E-state index contributed by atoms with van der Waals surface area (Å²) in [4.78, 5) is 38.3. The number of carbonyl (C=O) groups excluding carboxylic acids is 3. The van der Waals surface area contributed by atoms with Gasteiger partial charge in [0.05, 0.1) is 18.1 Å². The fourth-order valence-electron chi connectivity index (χ4n) is 2.38. The van der Waals surface area contributed by atoms with E-state index in [2.05, 4.69) is 4.74 Å². The van der Waals surface area contributed by atoms with Gasteiger partial charge in [0.25, 0.3) is 0 Å². The third-order valence-electron chi connectivity index (χ3n) is 4.03. The van der Waals surface area contributed by atoms with Gasteiger partial charge in [0.15, 0.2) is 17.5 Å². The van der Waals surface area contributed by atoms with Crippen molar-refractivity contribution >= 4 is 29.3 Å². The molecule has 0 aliphatic heterocycles. The fraction of sp³-hybridized carbons (Fsp3) is 0.263. The van der Waals surface area contributed by atoms with Gasteiger partial charge >= 0.3 is 5.97 Å². The summed E-state index contributed by atoms with van der Waals surface area (Å²) in [5.41, 5.74) is 1.52. The molecule has 0 saturated carbocycles. The molecule has 1 aliphatic rings. The largest absolute Gasteiger partial charge is 0.468 e. The van der Waals surface area contributed by atoms with Crippen LogP contribution < -0.4 is 0 Å². The highest BCUT2D eigenvalue weighted by atomic mass is 32.2. The van der Waals surface area contributed by atoms with E-state index in [1.807, 2.05) is 31.2 Å². The standard InChI is InChI=1S/C19H17NO4S/c1-10-5-7-13(8-6-10)25-18-15(14(9-20)19(23)24-4)16(21)11(2)12(3)17(18)22/h5-8,14H,1-4H3. The zero-order valence-corrected chi connectivity index (χ0v) is 15.2. The smallest absolute Gasteiger partial charge is 0.327 e.